The fraction of sp³-hybridized carbons (Fsp3) is 0.464. The highest BCUT2D eigenvalue weighted by Crippen LogP contribution is 2.39. The summed E-state index contributed by atoms with van der Waals surface area (Å²) < 4.78 is 34.2. The van der Waals surface area contributed by atoms with Gasteiger partial charge in [-0.1, -0.05) is 39.0 Å². The number of rotatable bonds is 7. The first-order valence-electron chi connectivity index (χ1n) is 12.9. The van der Waals surface area contributed by atoms with Crippen molar-refractivity contribution in [2.75, 3.05) is 49.6 Å². The van der Waals surface area contributed by atoms with Crippen molar-refractivity contribution in [3.63, 3.8) is 0 Å². The third-order valence-electron chi connectivity index (χ3n) is 6.90. The number of nitrogens with zero attached hydrogens (tertiary/aromatic N) is 2. The summed E-state index contributed by atoms with van der Waals surface area (Å²) in [6.45, 7) is 10.9. The third-order valence-corrected chi connectivity index (χ3v) is 7.49. The number of hydrogen-bond acceptors (Lipinski definition) is 6. The summed E-state index contributed by atoms with van der Waals surface area (Å²) in [5.41, 5.74) is 3.96. The molecule has 1 aliphatic rings. The molecule has 0 saturated carbocycles. The molecule has 3 N–H and O–H groups in total. The van der Waals surface area contributed by atoms with E-state index in [1.54, 1.807) is 6.07 Å². The van der Waals surface area contributed by atoms with Crippen LogP contribution >= 0.6 is 0 Å². The molecule has 10 heteroatoms. The number of para-hydroxylation sites is 1. The molecule has 1 saturated heterocycles. The van der Waals surface area contributed by atoms with E-state index in [-0.39, 0.29) is 22.8 Å². The second-order valence-electron chi connectivity index (χ2n) is 11.0. The van der Waals surface area contributed by atoms with E-state index in [4.69, 9.17) is 4.74 Å². The summed E-state index contributed by atoms with van der Waals surface area (Å²) in [6.07, 6.45) is 2.20. The topological polar surface area (TPSA) is 105 Å². The van der Waals surface area contributed by atoms with Gasteiger partial charge in [-0.25, -0.2) is 8.42 Å². The van der Waals surface area contributed by atoms with E-state index in [9.17, 15) is 13.2 Å². The number of benzene rings is 2. The maximum absolute atomic E-state index is 13.6. The summed E-state index contributed by atoms with van der Waals surface area (Å²) in [7, 11) is -0.206. The fourth-order valence-electron chi connectivity index (χ4n) is 4.98. The lowest BCUT2D eigenvalue weighted by Gasteiger charge is -2.24. The Morgan fingerprint density at radius 3 is 2.53 bits per heavy atom. The summed E-state index contributed by atoms with van der Waals surface area (Å²) in [5.74, 6) is -0.0470. The molecule has 0 spiro atoms. The number of amides is 1. The lowest BCUT2D eigenvalue weighted by molar-refractivity contribution is 0.101. The zero-order chi connectivity index (χ0) is 27.7. The van der Waals surface area contributed by atoms with Crippen LogP contribution in [0.4, 0.5) is 11.4 Å². The van der Waals surface area contributed by atoms with E-state index < -0.39 is 10.0 Å². The van der Waals surface area contributed by atoms with Crippen molar-refractivity contribution in [3.8, 4) is 5.75 Å². The van der Waals surface area contributed by atoms with Crippen LogP contribution in [-0.2, 0) is 29.0 Å². The molecule has 9 nitrogen and oxygen atoms in total. The molecule has 0 unspecified atom stereocenters. The number of sulfonamides is 1. The second-order valence-corrected chi connectivity index (χ2v) is 12.8. The first-order valence-corrected chi connectivity index (χ1v) is 14.8. The molecule has 1 aromatic heterocycles. The molecule has 1 fully saturated rings. The van der Waals surface area contributed by atoms with Gasteiger partial charge >= 0.3 is 0 Å². The van der Waals surface area contributed by atoms with Crippen molar-refractivity contribution in [1.82, 2.24) is 14.8 Å². The van der Waals surface area contributed by atoms with Crippen molar-refractivity contribution in [2.45, 2.75) is 39.2 Å². The van der Waals surface area contributed by atoms with E-state index in [0.29, 0.717) is 11.4 Å². The summed E-state index contributed by atoms with van der Waals surface area (Å²) in [4.78, 5) is 16.1. The Morgan fingerprint density at radius 2 is 1.84 bits per heavy atom. The minimum absolute atomic E-state index is 0.256. The van der Waals surface area contributed by atoms with Crippen molar-refractivity contribution in [1.29, 1.82) is 0 Å². The van der Waals surface area contributed by atoms with Crippen LogP contribution in [0.2, 0.25) is 0 Å². The Bertz CT molecular complexity index is 1430. The number of ether oxygens (including phenoxy) is 1. The van der Waals surface area contributed by atoms with Gasteiger partial charge in [-0.05, 0) is 54.3 Å². The zero-order valence-corrected chi connectivity index (χ0v) is 24.0. The van der Waals surface area contributed by atoms with Crippen molar-refractivity contribution in [2.24, 2.45) is 7.05 Å². The summed E-state index contributed by atoms with van der Waals surface area (Å²) in [6, 6.07) is 11.7. The molecule has 0 aliphatic carbocycles. The molecular formula is C28H39N5O4S. The Hall–Kier alpha value is -3.08. The molecule has 38 heavy (non-hydrogen) atoms. The Kier molecular flexibility index (Phi) is 8.06. The highest BCUT2D eigenvalue weighted by Gasteiger charge is 2.24. The van der Waals surface area contributed by atoms with E-state index >= 15 is 0 Å². The van der Waals surface area contributed by atoms with Gasteiger partial charge in [0.25, 0.3) is 5.91 Å². The molecule has 0 bridgehead atoms. The van der Waals surface area contributed by atoms with Crippen LogP contribution in [0.1, 0.15) is 48.8 Å². The number of nitrogens with one attached hydrogen (secondary N) is 3. The van der Waals surface area contributed by atoms with Crippen LogP contribution in [0.3, 0.4) is 0 Å². The SMILES string of the molecule is COc1c(NC(=O)c2cc3cccc(CN4CCCNCC4)c3n2C)cc(C(C)(C)C)cc1NS(C)(=O)=O. The highest BCUT2D eigenvalue weighted by molar-refractivity contribution is 7.92. The molecule has 4 rings (SSSR count). The van der Waals surface area contributed by atoms with Gasteiger partial charge in [0.15, 0.2) is 5.75 Å². The molecular weight excluding hydrogens is 502 g/mol. The predicted molar refractivity (Wildman–Crippen MR) is 154 cm³/mol. The maximum Gasteiger partial charge on any atom is 0.272 e. The molecule has 2 heterocycles. The van der Waals surface area contributed by atoms with Gasteiger partial charge in [-0.3, -0.25) is 14.4 Å². The number of carbonyl (C=O) groups is 1. The Morgan fingerprint density at radius 1 is 1.11 bits per heavy atom. The standard InChI is InChI=1S/C28H39N5O4S/c1-28(2,3)21-16-22(26(37-5)23(17-21)31-38(6,35)36)30-27(34)24-15-19-9-7-10-20(25(19)32(24)4)18-33-13-8-11-29-12-14-33/h7,9-10,15-17,29,31H,8,11-14,18H2,1-6H3,(H,30,34). The average molecular weight is 542 g/mol. The number of hydrogen-bond donors (Lipinski definition) is 3. The molecule has 0 atom stereocenters. The zero-order valence-electron chi connectivity index (χ0n) is 23.1. The summed E-state index contributed by atoms with van der Waals surface area (Å²) >= 11 is 0. The number of aromatic nitrogens is 1. The first kappa shape index (κ1) is 27.9. The number of fused-ring (bicyclic) bond motifs is 1. The summed E-state index contributed by atoms with van der Waals surface area (Å²) in [5, 5.41) is 7.43. The van der Waals surface area contributed by atoms with Crippen LogP contribution in [0.5, 0.6) is 5.75 Å². The van der Waals surface area contributed by atoms with Gasteiger partial charge in [-0.15, -0.1) is 0 Å². The normalized spacial score (nSPS) is 15.3. The first-order chi connectivity index (χ1) is 17.9. The molecule has 206 valence electrons. The fourth-order valence-corrected chi connectivity index (χ4v) is 5.54. The maximum atomic E-state index is 13.6. The largest absolute Gasteiger partial charge is 0.492 e. The van der Waals surface area contributed by atoms with Crippen LogP contribution in [-0.4, -0.2) is 63.3 Å². The minimum atomic E-state index is -3.57. The van der Waals surface area contributed by atoms with E-state index in [1.807, 2.05) is 56.7 Å². The van der Waals surface area contributed by atoms with E-state index in [0.717, 1.165) is 61.9 Å². The second kappa shape index (κ2) is 11.0. The van der Waals surface area contributed by atoms with Crippen LogP contribution in [0.15, 0.2) is 36.4 Å². The van der Waals surface area contributed by atoms with Crippen molar-refractivity contribution in [3.05, 3.63) is 53.2 Å². The molecule has 2 aromatic carbocycles. The van der Waals surface area contributed by atoms with Crippen LogP contribution < -0.4 is 20.1 Å². The lowest BCUT2D eigenvalue weighted by Crippen LogP contribution is -2.27. The lowest BCUT2D eigenvalue weighted by atomic mass is 9.86. The van der Waals surface area contributed by atoms with Crippen LogP contribution in [0.25, 0.3) is 10.9 Å². The van der Waals surface area contributed by atoms with Crippen LogP contribution in [0, 0.1) is 0 Å². The molecule has 1 amide bonds. The molecule has 1 aliphatic heterocycles. The van der Waals surface area contributed by atoms with Gasteiger partial charge in [0.2, 0.25) is 10.0 Å². The van der Waals surface area contributed by atoms with Gasteiger partial charge in [-0.2, -0.15) is 0 Å². The quantitative estimate of drug-likeness (QED) is 0.419. The Labute approximate surface area is 225 Å². The number of anilines is 2. The third kappa shape index (κ3) is 6.31. The van der Waals surface area contributed by atoms with E-state index in [2.05, 4.69) is 26.3 Å². The number of methoxy groups -OCH3 is 1. The monoisotopic (exact) mass is 541 g/mol. The van der Waals surface area contributed by atoms with Crippen molar-refractivity contribution < 1.29 is 17.9 Å². The predicted octanol–water partition coefficient (Wildman–Crippen LogP) is 3.90. The Balaban J connectivity index is 1.71. The highest BCUT2D eigenvalue weighted by atomic mass is 32.2. The smallest absolute Gasteiger partial charge is 0.272 e. The van der Waals surface area contributed by atoms with E-state index in [1.165, 1.54) is 12.7 Å². The minimum Gasteiger partial charge on any atom is -0.492 e. The number of carbonyl (C=O) groups excluding carboxylic acids is 1. The average Bonchev–Trinajstić information content (AvgIpc) is 2.98. The van der Waals surface area contributed by atoms with Gasteiger partial charge in [0.1, 0.15) is 5.69 Å². The van der Waals surface area contributed by atoms with Gasteiger partial charge < -0.3 is 19.9 Å². The molecule has 3 aromatic rings. The van der Waals surface area contributed by atoms with Gasteiger partial charge in [0.05, 0.1) is 30.3 Å². The molecule has 0 radical (unpaired) electrons. The van der Waals surface area contributed by atoms with Crippen molar-refractivity contribution >= 4 is 38.2 Å². The number of aryl methyl sites for hydroxylation is 1. The van der Waals surface area contributed by atoms with Gasteiger partial charge in [0, 0.05) is 32.1 Å².